The zero-order valence-corrected chi connectivity index (χ0v) is 10.0. The molecule has 0 saturated carbocycles. The van der Waals surface area contributed by atoms with Gasteiger partial charge in [0.05, 0.1) is 6.54 Å². The van der Waals surface area contributed by atoms with Gasteiger partial charge in [0.25, 0.3) is 0 Å². The third kappa shape index (κ3) is 4.97. The third-order valence-corrected chi connectivity index (χ3v) is 1.66. The van der Waals surface area contributed by atoms with E-state index in [2.05, 4.69) is 26.8 Å². The average Bonchev–Trinajstić information content (AvgIpc) is 2.66. The van der Waals surface area contributed by atoms with Crippen molar-refractivity contribution in [3.8, 4) is 12.3 Å². The third-order valence-electron chi connectivity index (χ3n) is 1.66. The summed E-state index contributed by atoms with van der Waals surface area (Å²) in [6, 6.07) is 0. The first-order valence-corrected chi connectivity index (χ1v) is 5.06. The van der Waals surface area contributed by atoms with Crippen LogP contribution in [0.1, 0.15) is 20.8 Å². The molecule has 0 unspecified atom stereocenters. The maximum Gasteiger partial charge on any atom is 0.408 e. The van der Waals surface area contributed by atoms with Gasteiger partial charge in [0.1, 0.15) is 6.33 Å². The molecule has 17 heavy (non-hydrogen) atoms. The number of amides is 1. The Balaban J connectivity index is 2.48. The number of nitrogens with zero attached hydrogens (tertiary/aromatic N) is 4. The van der Waals surface area contributed by atoms with E-state index in [9.17, 15) is 4.79 Å². The zero-order chi connectivity index (χ0) is 12.9. The molecule has 0 spiro atoms. The van der Waals surface area contributed by atoms with Gasteiger partial charge in [-0.2, -0.15) is 0 Å². The van der Waals surface area contributed by atoms with Gasteiger partial charge in [-0.05, 0) is 31.2 Å². The van der Waals surface area contributed by atoms with E-state index in [0.29, 0.717) is 0 Å². The summed E-state index contributed by atoms with van der Waals surface area (Å²) in [7, 11) is 0. The topological polar surface area (TPSA) is 81.9 Å². The number of carbonyl (C=O) groups is 1. The van der Waals surface area contributed by atoms with Gasteiger partial charge in [-0.25, -0.2) is 9.48 Å². The molecule has 0 aliphatic heterocycles. The molecule has 0 aliphatic carbocycles. The Hall–Kier alpha value is -2.10. The van der Waals surface area contributed by atoms with Crippen LogP contribution in [-0.4, -0.2) is 37.9 Å². The molecule has 1 rings (SSSR count). The van der Waals surface area contributed by atoms with Gasteiger partial charge in [-0.3, -0.25) is 0 Å². The molecule has 1 aromatic heterocycles. The summed E-state index contributed by atoms with van der Waals surface area (Å²) in [6.07, 6.45) is 5.39. The number of aromatic nitrogens is 4. The van der Waals surface area contributed by atoms with E-state index >= 15 is 0 Å². The minimum absolute atomic E-state index is 0.223. The van der Waals surface area contributed by atoms with E-state index in [0.717, 1.165) is 0 Å². The molecule has 1 heterocycles. The Bertz CT molecular complexity index is 401. The van der Waals surface area contributed by atoms with Crippen molar-refractivity contribution in [3.05, 3.63) is 6.33 Å². The average molecular weight is 237 g/mol. The lowest BCUT2D eigenvalue weighted by molar-refractivity contribution is 0.106. The summed E-state index contributed by atoms with van der Waals surface area (Å²) in [4.78, 5) is 11.5. The first-order valence-electron chi connectivity index (χ1n) is 5.06. The Morgan fingerprint density at radius 2 is 2.35 bits per heavy atom. The van der Waals surface area contributed by atoms with Gasteiger partial charge in [-0.1, -0.05) is 5.92 Å². The zero-order valence-electron chi connectivity index (χ0n) is 10.0. The van der Waals surface area contributed by atoms with Crippen LogP contribution in [0.4, 0.5) is 4.79 Å². The molecule has 92 valence electrons. The van der Waals surface area contributed by atoms with Crippen molar-refractivity contribution in [2.45, 2.75) is 39.0 Å². The lowest BCUT2D eigenvalue weighted by Crippen LogP contribution is -2.42. The molecule has 1 aromatic rings. The summed E-state index contributed by atoms with van der Waals surface area (Å²) in [6.45, 7) is 5.77. The predicted molar refractivity (Wildman–Crippen MR) is 59.8 cm³/mol. The monoisotopic (exact) mass is 237 g/mol. The number of alkyl carbamates (subject to hydrolysis) is 1. The molecule has 0 aliphatic rings. The van der Waals surface area contributed by atoms with Crippen molar-refractivity contribution >= 4 is 6.09 Å². The van der Waals surface area contributed by atoms with Gasteiger partial charge in [0.2, 0.25) is 0 Å². The summed E-state index contributed by atoms with van der Waals surface area (Å²) in [5.41, 5.74) is -0.370. The fourth-order valence-corrected chi connectivity index (χ4v) is 1.02. The largest absolute Gasteiger partial charge is 0.431 e. The number of hydrogen-bond donors (Lipinski definition) is 1. The highest BCUT2D eigenvalue weighted by molar-refractivity contribution is 5.68. The maximum atomic E-state index is 11.5. The second kappa shape index (κ2) is 5.30. The summed E-state index contributed by atoms with van der Waals surface area (Å²) < 4.78 is 6.44. The van der Waals surface area contributed by atoms with Gasteiger partial charge in [0.15, 0.2) is 6.10 Å². The van der Waals surface area contributed by atoms with E-state index in [4.69, 9.17) is 11.2 Å². The minimum Gasteiger partial charge on any atom is -0.431 e. The molecular formula is C10H15N5O2. The van der Waals surface area contributed by atoms with Crippen LogP contribution in [0, 0.1) is 12.3 Å². The number of nitrogens with one attached hydrogen (secondary N) is 1. The molecule has 0 bridgehead atoms. The Kier molecular flexibility index (Phi) is 4.04. The number of hydrogen-bond acceptors (Lipinski definition) is 5. The number of rotatable bonds is 3. The quantitative estimate of drug-likeness (QED) is 0.759. The second-order valence-electron chi connectivity index (χ2n) is 4.47. The maximum absolute atomic E-state index is 11.5. The molecule has 1 amide bonds. The summed E-state index contributed by atoms with van der Waals surface area (Å²) in [5.74, 6) is 2.36. The molecule has 0 radical (unpaired) electrons. The first kappa shape index (κ1) is 13.0. The van der Waals surface area contributed by atoms with Crippen LogP contribution < -0.4 is 5.32 Å². The molecule has 1 N–H and O–H groups in total. The van der Waals surface area contributed by atoms with E-state index in [-0.39, 0.29) is 12.1 Å². The standard InChI is InChI=1S/C10H15N5O2/c1-5-8(6-15-7-11-13-14-15)17-9(16)12-10(2,3)4/h1,7-8H,6H2,2-4H3,(H,12,16)/t8-/m1/s1. The molecule has 0 aromatic carbocycles. The van der Waals surface area contributed by atoms with Crippen LogP contribution in [0.2, 0.25) is 0 Å². The van der Waals surface area contributed by atoms with Crippen molar-refractivity contribution in [2.24, 2.45) is 0 Å². The Morgan fingerprint density at radius 3 is 2.82 bits per heavy atom. The molecule has 0 fully saturated rings. The van der Waals surface area contributed by atoms with Crippen molar-refractivity contribution in [1.82, 2.24) is 25.5 Å². The van der Waals surface area contributed by atoms with E-state index in [1.54, 1.807) is 0 Å². The lowest BCUT2D eigenvalue weighted by atomic mass is 10.1. The van der Waals surface area contributed by atoms with Crippen molar-refractivity contribution in [1.29, 1.82) is 0 Å². The summed E-state index contributed by atoms with van der Waals surface area (Å²) >= 11 is 0. The van der Waals surface area contributed by atoms with Crippen LogP contribution in [0.15, 0.2) is 6.33 Å². The van der Waals surface area contributed by atoms with Crippen LogP contribution in [-0.2, 0) is 11.3 Å². The minimum atomic E-state index is -0.708. The molecule has 7 nitrogen and oxygen atoms in total. The fourth-order valence-electron chi connectivity index (χ4n) is 1.02. The molecule has 7 heteroatoms. The van der Waals surface area contributed by atoms with Crippen LogP contribution in [0.3, 0.4) is 0 Å². The number of terminal acetylenes is 1. The van der Waals surface area contributed by atoms with Gasteiger partial charge < -0.3 is 10.1 Å². The van der Waals surface area contributed by atoms with Gasteiger partial charge >= 0.3 is 6.09 Å². The SMILES string of the molecule is C#C[C@H](Cn1cnnn1)OC(=O)NC(C)(C)C. The van der Waals surface area contributed by atoms with Crippen molar-refractivity contribution in [2.75, 3.05) is 0 Å². The van der Waals surface area contributed by atoms with Crippen molar-refractivity contribution in [3.63, 3.8) is 0 Å². The van der Waals surface area contributed by atoms with E-state index < -0.39 is 12.2 Å². The molecular weight excluding hydrogens is 222 g/mol. The van der Waals surface area contributed by atoms with Gasteiger partial charge in [0, 0.05) is 5.54 Å². The highest BCUT2D eigenvalue weighted by Crippen LogP contribution is 2.01. The van der Waals surface area contributed by atoms with Crippen LogP contribution in [0.5, 0.6) is 0 Å². The number of carbonyl (C=O) groups excluding carboxylic acids is 1. The highest BCUT2D eigenvalue weighted by atomic mass is 16.6. The summed E-state index contributed by atoms with van der Waals surface area (Å²) in [5, 5.41) is 13.2. The molecule has 1 atom stereocenters. The number of ether oxygens (including phenoxy) is 1. The Morgan fingerprint density at radius 1 is 1.65 bits per heavy atom. The van der Waals surface area contributed by atoms with Crippen LogP contribution in [0.25, 0.3) is 0 Å². The van der Waals surface area contributed by atoms with E-state index in [1.165, 1.54) is 11.0 Å². The molecule has 0 saturated heterocycles. The fraction of sp³-hybridized carbons (Fsp3) is 0.600. The highest BCUT2D eigenvalue weighted by Gasteiger charge is 2.18. The number of tetrazole rings is 1. The van der Waals surface area contributed by atoms with E-state index in [1.807, 2.05) is 20.8 Å². The van der Waals surface area contributed by atoms with Crippen LogP contribution >= 0.6 is 0 Å². The lowest BCUT2D eigenvalue weighted by Gasteiger charge is -2.21. The first-order chi connectivity index (χ1) is 7.90. The predicted octanol–water partition coefficient (Wildman–Crippen LogP) is 0.200. The normalized spacial score (nSPS) is 12.6. The Labute approximate surface area is 99.5 Å². The van der Waals surface area contributed by atoms with Crippen molar-refractivity contribution < 1.29 is 9.53 Å². The second-order valence-corrected chi connectivity index (χ2v) is 4.47. The smallest absolute Gasteiger partial charge is 0.408 e. The van der Waals surface area contributed by atoms with Gasteiger partial charge in [-0.15, -0.1) is 11.5 Å².